The highest BCUT2D eigenvalue weighted by Gasteiger charge is 2.20. The first-order valence-electron chi connectivity index (χ1n) is 8.83. The lowest BCUT2D eigenvalue weighted by Crippen LogP contribution is -2.28. The molecule has 1 amide bonds. The molecule has 1 fully saturated rings. The number of carbonyl (C=O) groups excluding carboxylic acids is 1. The van der Waals surface area contributed by atoms with Gasteiger partial charge in [-0.2, -0.15) is 0 Å². The molecule has 2 aromatic rings. The molecule has 9 heteroatoms. The molecule has 1 aromatic heterocycles. The predicted molar refractivity (Wildman–Crippen MR) is 107 cm³/mol. The normalized spacial score (nSPS) is 16.6. The molecule has 0 spiro atoms. The van der Waals surface area contributed by atoms with Gasteiger partial charge in [0, 0.05) is 25.1 Å². The number of nitrogens with one attached hydrogen (secondary N) is 1. The second-order valence-corrected chi connectivity index (χ2v) is 8.27. The average Bonchev–Trinajstić information content (AvgIpc) is 3.31. The Morgan fingerprint density at radius 1 is 1.41 bits per heavy atom. The van der Waals surface area contributed by atoms with E-state index >= 15 is 0 Å². The first-order valence-corrected chi connectivity index (χ1v) is 11.0. The fourth-order valence-corrected chi connectivity index (χ4v) is 4.20. The van der Waals surface area contributed by atoms with Gasteiger partial charge in [0.05, 0.1) is 18.4 Å². The zero-order chi connectivity index (χ0) is 19.2. The number of benzene rings is 1. The molecule has 0 unspecified atom stereocenters. The Morgan fingerprint density at radius 3 is 2.85 bits per heavy atom. The SMILES string of the molecule is CSc1ccc(CN(C)C(=O)CSc2n[nH]c(=O)n2C[C@H]2CCCO2)cc1. The summed E-state index contributed by atoms with van der Waals surface area (Å²) in [7, 11) is 1.79. The molecule has 0 radical (unpaired) electrons. The third-order valence-corrected chi connectivity index (χ3v) is 6.17. The van der Waals surface area contributed by atoms with Crippen LogP contribution in [0.3, 0.4) is 0 Å². The smallest absolute Gasteiger partial charge is 0.344 e. The summed E-state index contributed by atoms with van der Waals surface area (Å²) in [6.07, 6.45) is 4.04. The number of carbonyl (C=O) groups is 1. The van der Waals surface area contributed by atoms with Gasteiger partial charge in [-0.05, 0) is 36.8 Å². The fraction of sp³-hybridized carbons (Fsp3) is 0.500. The van der Waals surface area contributed by atoms with E-state index in [0.717, 1.165) is 25.0 Å². The second kappa shape index (κ2) is 9.48. The molecule has 27 heavy (non-hydrogen) atoms. The largest absolute Gasteiger partial charge is 0.376 e. The van der Waals surface area contributed by atoms with Crippen LogP contribution in [0.2, 0.25) is 0 Å². The van der Waals surface area contributed by atoms with Gasteiger partial charge in [-0.1, -0.05) is 23.9 Å². The Labute approximate surface area is 166 Å². The van der Waals surface area contributed by atoms with Crippen LogP contribution in [-0.4, -0.2) is 57.3 Å². The zero-order valence-corrected chi connectivity index (χ0v) is 17.1. The summed E-state index contributed by atoms with van der Waals surface area (Å²) in [5.74, 6) is 0.225. The lowest BCUT2D eigenvalue weighted by atomic mass is 10.2. The predicted octanol–water partition coefficient (Wildman–Crippen LogP) is 2.22. The molecule has 0 bridgehead atoms. The maximum absolute atomic E-state index is 12.5. The van der Waals surface area contributed by atoms with E-state index in [2.05, 4.69) is 22.3 Å². The maximum Gasteiger partial charge on any atom is 0.344 e. The number of H-pyrrole nitrogens is 1. The van der Waals surface area contributed by atoms with E-state index in [-0.39, 0.29) is 23.5 Å². The average molecular weight is 409 g/mol. The number of hydrogen-bond acceptors (Lipinski definition) is 6. The van der Waals surface area contributed by atoms with Gasteiger partial charge in [0.25, 0.3) is 0 Å². The van der Waals surface area contributed by atoms with Gasteiger partial charge in [-0.15, -0.1) is 16.9 Å². The van der Waals surface area contributed by atoms with Crippen LogP contribution in [0.25, 0.3) is 0 Å². The van der Waals surface area contributed by atoms with E-state index in [1.807, 2.05) is 18.4 Å². The summed E-state index contributed by atoms with van der Waals surface area (Å²) in [5, 5.41) is 7.05. The Morgan fingerprint density at radius 2 is 2.19 bits per heavy atom. The minimum Gasteiger partial charge on any atom is -0.376 e. The van der Waals surface area contributed by atoms with Crippen LogP contribution in [0.4, 0.5) is 0 Å². The van der Waals surface area contributed by atoms with Crippen molar-refractivity contribution in [3.8, 4) is 0 Å². The molecule has 0 aliphatic carbocycles. The van der Waals surface area contributed by atoms with E-state index < -0.39 is 0 Å². The molecule has 1 N–H and O–H groups in total. The Kier molecular flexibility index (Phi) is 7.03. The number of aromatic amines is 1. The molecule has 1 aromatic carbocycles. The van der Waals surface area contributed by atoms with Crippen molar-refractivity contribution in [3.05, 3.63) is 40.3 Å². The van der Waals surface area contributed by atoms with Crippen molar-refractivity contribution in [2.45, 2.75) is 42.1 Å². The molecule has 3 rings (SSSR count). The van der Waals surface area contributed by atoms with Crippen molar-refractivity contribution in [1.82, 2.24) is 19.7 Å². The molecule has 7 nitrogen and oxygen atoms in total. The third kappa shape index (κ3) is 5.40. The van der Waals surface area contributed by atoms with Gasteiger partial charge < -0.3 is 9.64 Å². The summed E-state index contributed by atoms with van der Waals surface area (Å²) in [6, 6.07) is 8.19. The number of thioether (sulfide) groups is 2. The van der Waals surface area contributed by atoms with Gasteiger partial charge in [0.15, 0.2) is 5.16 Å². The molecular weight excluding hydrogens is 384 g/mol. The lowest BCUT2D eigenvalue weighted by Gasteiger charge is -2.17. The van der Waals surface area contributed by atoms with E-state index in [4.69, 9.17) is 4.74 Å². The Bertz CT molecular complexity index is 813. The van der Waals surface area contributed by atoms with Crippen LogP contribution in [0, 0.1) is 0 Å². The number of rotatable bonds is 8. The standard InChI is InChI=1S/C18H24N4O3S2/c1-21(10-13-5-7-15(26-2)8-6-13)16(23)12-27-18-20-19-17(24)22(18)11-14-4-3-9-25-14/h5-8,14H,3-4,9-12H2,1-2H3,(H,19,24)/t14-/m1/s1. The van der Waals surface area contributed by atoms with Crippen LogP contribution >= 0.6 is 23.5 Å². The highest BCUT2D eigenvalue weighted by Crippen LogP contribution is 2.19. The molecule has 1 saturated heterocycles. The van der Waals surface area contributed by atoms with Gasteiger partial charge in [-0.3, -0.25) is 9.36 Å². The first kappa shape index (κ1) is 20.0. The first-order chi connectivity index (χ1) is 13.1. The van der Waals surface area contributed by atoms with Crippen LogP contribution in [0.15, 0.2) is 39.1 Å². The van der Waals surface area contributed by atoms with Gasteiger partial charge in [-0.25, -0.2) is 9.89 Å². The molecule has 0 saturated carbocycles. The summed E-state index contributed by atoms with van der Waals surface area (Å²) in [6.45, 7) is 1.77. The second-order valence-electron chi connectivity index (χ2n) is 6.44. The minimum atomic E-state index is -0.261. The number of ether oxygens (including phenoxy) is 1. The quantitative estimate of drug-likeness (QED) is 0.675. The Hall–Kier alpha value is -1.71. The number of nitrogens with zero attached hydrogens (tertiary/aromatic N) is 3. The molecule has 1 atom stereocenters. The summed E-state index contributed by atoms with van der Waals surface area (Å²) >= 11 is 2.97. The van der Waals surface area contributed by atoms with Crippen molar-refractivity contribution >= 4 is 29.4 Å². The molecular formula is C18H24N4O3S2. The van der Waals surface area contributed by atoms with Crippen LogP contribution < -0.4 is 5.69 Å². The van der Waals surface area contributed by atoms with Gasteiger partial charge >= 0.3 is 5.69 Å². The van der Waals surface area contributed by atoms with Crippen molar-refractivity contribution in [1.29, 1.82) is 0 Å². The highest BCUT2D eigenvalue weighted by molar-refractivity contribution is 7.99. The van der Waals surface area contributed by atoms with Crippen molar-refractivity contribution in [3.63, 3.8) is 0 Å². The minimum absolute atomic E-state index is 0.00643. The van der Waals surface area contributed by atoms with Crippen molar-refractivity contribution in [2.75, 3.05) is 25.7 Å². The van der Waals surface area contributed by atoms with E-state index in [1.165, 1.54) is 16.7 Å². The Balaban J connectivity index is 1.54. The van der Waals surface area contributed by atoms with Crippen molar-refractivity contribution < 1.29 is 9.53 Å². The number of hydrogen-bond donors (Lipinski definition) is 1. The van der Waals surface area contributed by atoms with Crippen LogP contribution in [0.1, 0.15) is 18.4 Å². The molecule has 1 aliphatic heterocycles. The number of amides is 1. The van der Waals surface area contributed by atoms with Crippen molar-refractivity contribution in [2.24, 2.45) is 0 Å². The van der Waals surface area contributed by atoms with Gasteiger partial charge in [0.1, 0.15) is 0 Å². The topological polar surface area (TPSA) is 80.2 Å². The molecule has 1 aliphatic rings. The highest BCUT2D eigenvalue weighted by atomic mass is 32.2. The third-order valence-electron chi connectivity index (χ3n) is 4.46. The number of aromatic nitrogens is 3. The van der Waals surface area contributed by atoms with Gasteiger partial charge in [0.2, 0.25) is 5.91 Å². The van der Waals surface area contributed by atoms with Crippen LogP contribution in [0.5, 0.6) is 0 Å². The lowest BCUT2D eigenvalue weighted by molar-refractivity contribution is -0.127. The monoisotopic (exact) mass is 408 g/mol. The summed E-state index contributed by atoms with van der Waals surface area (Å²) < 4.78 is 7.16. The fourth-order valence-electron chi connectivity index (χ4n) is 2.90. The van der Waals surface area contributed by atoms with E-state index in [0.29, 0.717) is 18.2 Å². The molecule has 2 heterocycles. The van der Waals surface area contributed by atoms with Crippen LogP contribution in [-0.2, 0) is 22.6 Å². The maximum atomic E-state index is 12.5. The summed E-state index contributed by atoms with van der Waals surface area (Å²) in [5.41, 5.74) is 0.825. The van der Waals surface area contributed by atoms with E-state index in [9.17, 15) is 9.59 Å². The molecule has 146 valence electrons. The zero-order valence-electron chi connectivity index (χ0n) is 15.5. The van der Waals surface area contributed by atoms with E-state index in [1.54, 1.807) is 28.3 Å². The summed E-state index contributed by atoms with van der Waals surface area (Å²) in [4.78, 5) is 27.3.